The molecule has 83 heavy (non-hydrogen) atoms. The Morgan fingerprint density at radius 1 is 0.831 bits per heavy atom. The maximum Gasteiger partial charge on any atom is 0.255 e. The van der Waals surface area contributed by atoms with Gasteiger partial charge in [0.15, 0.2) is 0 Å². The molecule has 3 aliphatic rings. The molecule has 0 unspecified atom stereocenters. The highest BCUT2D eigenvalue weighted by Gasteiger charge is 2.32. The number of methoxy groups -OCH3 is 1. The Morgan fingerprint density at radius 2 is 1.55 bits per heavy atom. The van der Waals surface area contributed by atoms with E-state index in [0.29, 0.717) is 125 Å². The number of carbonyl (C=O) groups is 2. The molecule has 3 aromatic carbocycles. The maximum atomic E-state index is 14.0. The van der Waals surface area contributed by atoms with Crippen LogP contribution in [-0.2, 0) is 50.0 Å². The minimum absolute atomic E-state index is 0.0253. The van der Waals surface area contributed by atoms with Gasteiger partial charge in [-0.3, -0.25) is 14.5 Å². The molecule has 0 bridgehead atoms. The number of aromatic nitrogens is 5. The molecule has 2 fully saturated rings. The van der Waals surface area contributed by atoms with Crippen LogP contribution in [0.25, 0.3) is 22.0 Å². The van der Waals surface area contributed by atoms with Crippen molar-refractivity contribution in [2.45, 2.75) is 117 Å². The zero-order valence-corrected chi connectivity index (χ0v) is 50.8. The molecule has 1 saturated heterocycles. The summed E-state index contributed by atoms with van der Waals surface area (Å²) in [5.41, 5.74) is 4.78. The van der Waals surface area contributed by atoms with Crippen molar-refractivity contribution >= 4 is 28.5 Å². The highest BCUT2D eigenvalue weighted by Crippen LogP contribution is 2.40. The summed E-state index contributed by atoms with van der Waals surface area (Å²) < 4.78 is 43.0. The van der Waals surface area contributed by atoms with Crippen LogP contribution in [0, 0.1) is 11.3 Å². The topological polar surface area (TPSA) is 192 Å². The van der Waals surface area contributed by atoms with Gasteiger partial charge < -0.3 is 58.5 Å². The van der Waals surface area contributed by atoms with Crippen LogP contribution in [0.4, 0.5) is 5.82 Å². The van der Waals surface area contributed by atoms with E-state index in [1.54, 1.807) is 16.7 Å². The minimum atomic E-state index is -0.198. The molecule has 1 atom stereocenters. The predicted molar refractivity (Wildman–Crippen MR) is 322 cm³/mol. The number of benzene rings is 3. The Bertz CT molecular complexity index is 2820. The van der Waals surface area contributed by atoms with Crippen molar-refractivity contribution in [3.05, 3.63) is 83.4 Å². The van der Waals surface area contributed by atoms with E-state index in [4.69, 9.17) is 43.1 Å². The van der Waals surface area contributed by atoms with Crippen LogP contribution >= 0.6 is 0 Å². The van der Waals surface area contributed by atoms with E-state index in [1.165, 1.54) is 25.7 Å². The normalized spacial score (nSPS) is 17.8. The van der Waals surface area contributed by atoms with Gasteiger partial charge in [0.2, 0.25) is 5.91 Å². The lowest BCUT2D eigenvalue weighted by molar-refractivity contribution is -0.131. The first-order valence-corrected chi connectivity index (χ1v) is 30.2. The first kappa shape index (κ1) is 63.0. The fourth-order valence-corrected chi connectivity index (χ4v) is 11.3. The van der Waals surface area contributed by atoms with Crippen molar-refractivity contribution in [3.63, 3.8) is 0 Å². The largest absolute Gasteiger partial charge is 0.497 e. The number of para-hydroxylation sites is 1. The molecule has 5 aromatic rings. The average molecular weight is 1150 g/mol. The fraction of sp³-hybridized carbons (Fsp3) is 0.619. The van der Waals surface area contributed by atoms with Gasteiger partial charge in [-0.2, -0.15) is 0 Å². The zero-order chi connectivity index (χ0) is 58.6. The number of hydrogen-bond donors (Lipinski definition) is 2. The maximum absolute atomic E-state index is 14.0. The number of likely N-dealkylation sites (tertiary alicyclic amines) is 1. The van der Waals surface area contributed by atoms with Gasteiger partial charge in [0.25, 0.3) is 5.91 Å². The van der Waals surface area contributed by atoms with E-state index in [9.17, 15) is 9.59 Å². The Labute approximate surface area is 492 Å². The second-order valence-corrected chi connectivity index (χ2v) is 23.6. The molecule has 20 heteroatoms. The van der Waals surface area contributed by atoms with Crippen molar-refractivity contribution in [3.8, 4) is 28.4 Å². The van der Waals surface area contributed by atoms with Crippen LogP contribution in [-0.4, -0.2) is 195 Å². The molecule has 0 radical (unpaired) electrons. The van der Waals surface area contributed by atoms with Crippen LogP contribution in [0.1, 0.15) is 107 Å². The van der Waals surface area contributed by atoms with Crippen LogP contribution in [0.15, 0.2) is 60.8 Å². The van der Waals surface area contributed by atoms with E-state index in [0.717, 1.165) is 104 Å². The van der Waals surface area contributed by atoms with E-state index in [2.05, 4.69) is 102 Å². The van der Waals surface area contributed by atoms with E-state index >= 15 is 0 Å². The number of rotatable bonds is 31. The summed E-state index contributed by atoms with van der Waals surface area (Å²) in [5, 5.41) is 16.5. The number of likely N-dealkylation sites (N-methyl/N-ethyl adjacent to an activating group) is 2. The van der Waals surface area contributed by atoms with Gasteiger partial charge in [0.05, 0.1) is 96.9 Å². The van der Waals surface area contributed by atoms with Crippen LogP contribution in [0.3, 0.4) is 0 Å². The molecule has 0 spiro atoms. The van der Waals surface area contributed by atoms with Gasteiger partial charge >= 0.3 is 0 Å². The number of fused-ring (bicyclic) bond motifs is 2. The summed E-state index contributed by atoms with van der Waals surface area (Å²) in [5.74, 6) is 4.08. The molecule has 454 valence electrons. The molecular formula is C63H93N11O9. The smallest absolute Gasteiger partial charge is 0.255 e. The number of carbonyl (C=O) groups excluding carboxylic acids is 2. The molecule has 20 nitrogen and oxygen atoms in total. The van der Waals surface area contributed by atoms with Gasteiger partial charge in [-0.05, 0) is 138 Å². The zero-order valence-electron chi connectivity index (χ0n) is 50.8. The van der Waals surface area contributed by atoms with E-state index in [-0.39, 0.29) is 24.5 Å². The molecule has 2 amide bonds. The van der Waals surface area contributed by atoms with E-state index in [1.807, 2.05) is 43.5 Å². The van der Waals surface area contributed by atoms with Crippen LogP contribution < -0.4 is 24.8 Å². The lowest BCUT2D eigenvalue weighted by atomic mass is 9.71. The first-order valence-electron chi connectivity index (χ1n) is 30.2. The highest BCUT2D eigenvalue weighted by atomic mass is 16.6. The quantitative estimate of drug-likeness (QED) is 0.0406. The molecule has 8 rings (SSSR count). The summed E-state index contributed by atoms with van der Waals surface area (Å²) in [4.78, 5) is 45.7. The lowest BCUT2D eigenvalue weighted by Gasteiger charge is -2.39. The lowest BCUT2D eigenvalue weighted by Crippen LogP contribution is -2.46. The summed E-state index contributed by atoms with van der Waals surface area (Å²) in [7, 11) is 8.04. The fourth-order valence-electron chi connectivity index (χ4n) is 11.3. The third-order valence-corrected chi connectivity index (χ3v) is 16.2. The molecule has 1 saturated carbocycles. The number of anilines is 1. The molecule has 2 aromatic heterocycles. The standard InChI is InChI=1S/C63H93N11O9/c1-9-59(75)73-25-29-82-60-48(41-73)36-46(39-56(60)62(76)65-50-14-12-22-71(6)42-50)47-37-53(77-8)40-54(38-47)83-45-51-43-74(69-68-51)26-28-79-31-33-81-35-34-80-32-30-78-27-24-70(5)23-13-21-64-61-55-15-10-11-16-57(55)66-58(67-61)44-72(7)52-19-17-49(18-20-52)63(2,3)4/h10-11,15-16,36-40,43,49-50,52H,9,12-14,17-35,41-42,44-45H2,1-8H3,(H,65,76)(H,64,66,67)/t49?,50-,52?/m0/s1. The van der Waals surface area contributed by atoms with Crippen molar-refractivity contribution in [1.82, 2.24) is 49.9 Å². The SMILES string of the molecule is CCC(=O)N1CCOc2c(cc(-c3cc(OC)cc(OCc4cn(CCOCCOCCOCCOCCN(C)CCCNc5nc(CN(C)C6CCC(C(C)(C)C)CC6)nc6ccccc56)nn4)c3)cc2C(=O)N[C@H]2CCCN(C)C2)C1. The van der Waals surface area contributed by atoms with Gasteiger partial charge in [0, 0.05) is 61.7 Å². The third kappa shape index (κ3) is 19.3. The van der Waals surface area contributed by atoms with Crippen molar-refractivity contribution in [1.29, 1.82) is 0 Å². The molecule has 2 aliphatic heterocycles. The molecule has 2 N–H and O–H groups in total. The number of piperidine rings is 1. The summed E-state index contributed by atoms with van der Waals surface area (Å²) in [6, 6.07) is 18.4. The Balaban J connectivity index is 0.673. The number of nitrogens with zero attached hydrogens (tertiary/aromatic N) is 9. The third-order valence-electron chi connectivity index (χ3n) is 16.2. The number of nitrogens with one attached hydrogen (secondary N) is 2. The Hall–Kier alpha value is -6.00. The summed E-state index contributed by atoms with van der Waals surface area (Å²) in [6.07, 6.45) is 10.2. The second kappa shape index (κ2) is 31.8. The van der Waals surface area contributed by atoms with Crippen molar-refractivity contribution < 1.29 is 42.7 Å². The Kier molecular flexibility index (Phi) is 24.1. The highest BCUT2D eigenvalue weighted by molar-refractivity contribution is 5.99. The van der Waals surface area contributed by atoms with Crippen LogP contribution in [0.2, 0.25) is 0 Å². The van der Waals surface area contributed by atoms with Crippen LogP contribution in [0.5, 0.6) is 17.2 Å². The van der Waals surface area contributed by atoms with Gasteiger partial charge in [0.1, 0.15) is 47.8 Å². The van der Waals surface area contributed by atoms with E-state index < -0.39 is 0 Å². The van der Waals surface area contributed by atoms with Crippen molar-refractivity contribution in [2.24, 2.45) is 11.3 Å². The predicted octanol–water partition coefficient (Wildman–Crippen LogP) is 7.97. The number of hydrogen-bond acceptors (Lipinski definition) is 17. The minimum Gasteiger partial charge on any atom is -0.497 e. The van der Waals surface area contributed by atoms with Crippen molar-refractivity contribution in [2.75, 3.05) is 132 Å². The van der Waals surface area contributed by atoms with Gasteiger partial charge in [-0.15, -0.1) is 5.10 Å². The number of ether oxygens (including phenoxy) is 7. The number of amides is 2. The molecular weight excluding hydrogens is 1050 g/mol. The van der Waals surface area contributed by atoms with Gasteiger partial charge in [-0.1, -0.05) is 45.0 Å². The Morgan fingerprint density at radius 3 is 2.29 bits per heavy atom. The summed E-state index contributed by atoms with van der Waals surface area (Å²) >= 11 is 0. The molecule has 4 heterocycles. The summed E-state index contributed by atoms with van der Waals surface area (Å²) in [6.45, 7) is 19.9. The molecule has 1 aliphatic carbocycles. The average Bonchev–Trinajstić information content (AvgIpc) is 4.06. The monoisotopic (exact) mass is 1150 g/mol. The second-order valence-electron chi connectivity index (χ2n) is 23.6. The first-order chi connectivity index (χ1) is 40.2. The van der Waals surface area contributed by atoms with Gasteiger partial charge in [-0.25, -0.2) is 14.6 Å².